The van der Waals surface area contributed by atoms with Crippen molar-refractivity contribution >= 4 is 34.8 Å². The Morgan fingerprint density at radius 3 is 1.40 bits per heavy atom. The molecule has 4 nitrogen and oxygen atoms in total. The van der Waals surface area contributed by atoms with Gasteiger partial charge in [0.05, 0.1) is 0 Å². The standard InChI is InChI=1S/C7H8.2CH3NOS/c1-7-5-3-2-4-6-7;2*2-1(3)4/h2-6H,1H3;2*(H3,2,3,4). The predicted molar refractivity (Wildman–Crippen MR) is 70.0 cm³/mol. The first-order valence-corrected chi connectivity index (χ1v) is 4.66. The van der Waals surface area contributed by atoms with Crippen molar-refractivity contribution in [1.82, 2.24) is 0 Å². The highest BCUT2D eigenvalue weighted by Crippen LogP contribution is 1.92. The molecular formula is C9H14N2O2S2. The fourth-order valence-corrected chi connectivity index (χ4v) is 0.534. The lowest BCUT2D eigenvalue weighted by Crippen LogP contribution is -2.03. The maximum atomic E-state index is 7.56. The maximum absolute atomic E-state index is 7.56. The minimum Gasteiger partial charge on any atom is -0.487 e. The Hall–Kier alpha value is -1.40. The minimum atomic E-state index is -0.500. The number of hydrogen-bond donors (Lipinski definition) is 4. The van der Waals surface area contributed by atoms with Crippen LogP contribution in [0.2, 0.25) is 0 Å². The van der Waals surface area contributed by atoms with Crippen LogP contribution in [0.4, 0.5) is 0 Å². The van der Waals surface area contributed by atoms with E-state index in [0.717, 1.165) is 0 Å². The lowest BCUT2D eigenvalue weighted by molar-refractivity contribution is 0.559. The van der Waals surface area contributed by atoms with Crippen LogP contribution in [0.1, 0.15) is 5.56 Å². The first-order chi connectivity index (χ1) is 6.86. The summed E-state index contributed by atoms with van der Waals surface area (Å²) in [5.41, 5.74) is 10.1. The lowest BCUT2D eigenvalue weighted by atomic mass is 10.2. The van der Waals surface area contributed by atoms with Gasteiger partial charge in [-0.25, -0.2) is 0 Å². The first-order valence-electron chi connectivity index (χ1n) is 3.84. The van der Waals surface area contributed by atoms with Crippen LogP contribution in [0.25, 0.3) is 0 Å². The van der Waals surface area contributed by atoms with Crippen molar-refractivity contribution in [1.29, 1.82) is 0 Å². The molecule has 0 spiro atoms. The molecule has 0 amide bonds. The molecule has 6 N–H and O–H groups in total. The molecule has 0 aromatic heterocycles. The monoisotopic (exact) mass is 246 g/mol. The van der Waals surface area contributed by atoms with Gasteiger partial charge < -0.3 is 21.7 Å². The van der Waals surface area contributed by atoms with Crippen molar-refractivity contribution in [3.63, 3.8) is 0 Å². The van der Waals surface area contributed by atoms with E-state index in [1.807, 2.05) is 18.2 Å². The summed E-state index contributed by atoms with van der Waals surface area (Å²) >= 11 is 7.74. The van der Waals surface area contributed by atoms with Crippen LogP contribution >= 0.6 is 24.4 Å². The average Bonchev–Trinajstić information content (AvgIpc) is 2.03. The molecule has 6 heteroatoms. The number of rotatable bonds is 0. The van der Waals surface area contributed by atoms with E-state index in [0.29, 0.717) is 0 Å². The van der Waals surface area contributed by atoms with Crippen LogP contribution in [0, 0.1) is 6.92 Å². The molecule has 0 heterocycles. The van der Waals surface area contributed by atoms with Gasteiger partial charge in [-0.1, -0.05) is 35.9 Å². The zero-order chi connectivity index (χ0) is 12.3. The summed E-state index contributed by atoms with van der Waals surface area (Å²) < 4.78 is 0. The van der Waals surface area contributed by atoms with Gasteiger partial charge in [0.1, 0.15) is 0 Å². The number of aliphatic hydroxyl groups excluding tert-OH is 2. The van der Waals surface area contributed by atoms with Gasteiger partial charge in [-0.3, -0.25) is 0 Å². The fourth-order valence-electron chi connectivity index (χ4n) is 0.534. The molecule has 0 saturated heterocycles. The zero-order valence-electron chi connectivity index (χ0n) is 8.25. The van der Waals surface area contributed by atoms with Crippen LogP contribution in [-0.4, -0.2) is 20.6 Å². The van der Waals surface area contributed by atoms with Gasteiger partial charge in [0, 0.05) is 0 Å². The van der Waals surface area contributed by atoms with E-state index in [-0.39, 0.29) is 0 Å². The Morgan fingerprint density at radius 2 is 1.27 bits per heavy atom. The highest BCUT2D eigenvalue weighted by molar-refractivity contribution is 7.80. The Bertz CT molecular complexity index is 271. The van der Waals surface area contributed by atoms with Crippen LogP contribution < -0.4 is 11.5 Å². The van der Waals surface area contributed by atoms with E-state index >= 15 is 0 Å². The van der Waals surface area contributed by atoms with Gasteiger partial charge in [-0.2, -0.15) is 0 Å². The summed E-state index contributed by atoms with van der Waals surface area (Å²) in [5.74, 6) is 0. The first kappa shape index (κ1) is 16.0. The Kier molecular flexibility index (Phi) is 11.4. The molecule has 15 heavy (non-hydrogen) atoms. The van der Waals surface area contributed by atoms with Crippen LogP contribution in [0.5, 0.6) is 0 Å². The van der Waals surface area contributed by atoms with E-state index in [1.165, 1.54) is 5.56 Å². The van der Waals surface area contributed by atoms with Gasteiger partial charge >= 0.3 is 0 Å². The van der Waals surface area contributed by atoms with Crippen LogP contribution in [0.15, 0.2) is 30.3 Å². The predicted octanol–water partition coefficient (Wildman–Crippen LogP) is 1.57. The second-order valence-corrected chi connectivity index (χ2v) is 3.17. The molecule has 0 unspecified atom stereocenters. The summed E-state index contributed by atoms with van der Waals surface area (Å²) in [5, 5.41) is 14.1. The summed E-state index contributed by atoms with van der Waals surface area (Å²) in [4.78, 5) is 0. The highest BCUT2D eigenvalue weighted by atomic mass is 32.1. The van der Waals surface area contributed by atoms with E-state index in [9.17, 15) is 0 Å². The normalized spacial score (nSPS) is 7.27. The second kappa shape index (κ2) is 10.7. The third-order valence-electron chi connectivity index (χ3n) is 0.940. The summed E-state index contributed by atoms with van der Waals surface area (Å²) in [6, 6.07) is 10.3. The summed E-state index contributed by atoms with van der Waals surface area (Å²) in [6.07, 6.45) is 0. The lowest BCUT2D eigenvalue weighted by Gasteiger charge is -1.82. The third kappa shape index (κ3) is 32.5. The van der Waals surface area contributed by atoms with Gasteiger partial charge in [-0.05, 0) is 31.4 Å². The molecule has 0 aliphatic heterocycles. The van der Waals surface area contributed by atoms with Crippen LogP contribution in [-0.2, 0) is 0 Å². The molecule has 1 aromatic rings. The maximum Gasteiger partial charge on any atom is 0.251 e. The number of benzene rings is 1. The van der Waals surface area contributed by atoms with E-state index in [4.69, 9.17) is 10.2 Å². The van der Waals surface area contributed by atoms with Crippen molar-refractivity contribution in [3.8, 4) is 0 Å². The molecular weight excluding hydrogens is 232 g/mol. The summed E-state index contributed by atoms with van der Waals surface area (Å²) in [7, 11) is 0. The molecule has 1 rings (SSSR count). The Labute approximate surface area is 99.5 Å². The smallest absolute Gasteiger partial charge is 0.251 e. The van der Waals surface area contributed by atoms with Crippen molar-refractivity contribution in [2.75, 3.05) is 0 Å². The third-order valence-corrected chi connectivity index (χ3v) is 0.940. The molecule has 0 aliphatic rings. The quantitative estimate of drug-likeness (QED) is 0.519. The minimum absolute atomic E-state index is 0.500. The molecule has 0 bridgehead atoms. The SMILES string of the molecule is Cc1ccccc1.NC(O)=S.NC(O)=S. The van der Waals surface area contributed by atoms with Gasteiger partial charge in [0.25, 0.3) is 10.3 Å². The number of thiocarbonyl (C=S) groups is 2. The number of aliphatic hydroxyl groups is 2. The largest absolute Gasteiger partial charge is 0.487 e. The Morgan fingerprint density at radius 1 is 1.00 bits per heavy atom. The number of nitrogens with two attached hydrogens (primary N) is 2. The zero-order valence-corrected chi connectivity index (χ0v) is 9.89. The second-order valence-electron chi connectivity index (χ2n) is 2.33. The van der Waals surface area contributed by atoms with Crippen molar-refractivity contribution in [2.24, 2.45) is 11.5 Å². The molecule has 0 saturated carbocycles. The summed E-state index contributed by atoms with van der Waals surface area (Å²) in [6.45, 7) is 2.08. The van der Waals surface area contributed by atoms with E-state index in [2.05, 4.69) is 55.0 Å². The average molecular weight is 246 g/mol. The van der Waals surface area contributed by atoms with E-state index in [1.54, 1.807) is 0 Å². The van der Waals surface area contributed by atoms with Crippen molar-refractivity contribution in [3.05, 3.63) is 35.9 Å². The molecule has 0 radical (unpaired) electrons. The molecule has 0 atom stereocenters. The highest BCUT2D eigenvalue weighted by Gasteiger charge is 1.72. The van der Waals surface area contributed by atoms with Crippen LogP contribution in [0.3, 0.4) is 0 Å². The van der Waals surface area contributed by atoms with Gasteiger partial charge in [0.15, 0.2) is 0 Å². The fraction of sp³-hybridized carbons (Fsp3) is 0.111. The van der Waals surface area contributed by atoms with Crippen molar-refractivity contribution < 1.29 is 10.2 Å². The number of aryl methyl sites for hydroxylation is 1. The van der Waals surface area contributed by atoms with Crippen molar-refractivity contribution in [2.45, 2.75) is 6.92 Å². The molecule has 0 fully saturated rings. The topological polar surface area (TPSA) is 92.5 Å². The molecule has 0 aliphatic carbocycles. The number of hydrogen-bond acceptors (Lipinski definition) is 2. The Balaban J connectivity index is 0. The molecule has 84 valence electrons. The van der Waals surface area contributed by atoms with Gasteiger partial charge in [0.2, 0.25) is 0 Å². The molecule has 1 aromatic carbocycles. The van der Waals surface area contributed by atoms with Gasteiger partial charge in [-0.15, -0.1) is 0 Å². The van der Waals surface area contributed by atoms with E-state index < -0.39 is 10.3 Å².